The van der Waals surface area contributed by atoms with Crippen LogP contribution in [-0.4, -0.2) is 32.0 Å². The van der Waals surface area contributed by atoms with E-state index >= 15 is 0 Å². The molecule has 1 aliphatic rings. The van der Waals surface area contributed by atoms with Crippen LogP contribution in [0.15, 0.2) is 48.5 Å². The summed E-state index contributed by atoms with van der Waals surface area (Å²) in [6.07, 6.45) is 2.23. The molecule has 0 unspecified atom stereocenters. The van der Waals surface area contributed by atoms with Crippen LogP contribution in [0.4, 0.5) is 11.4 Å². The fourth-order valence-corrected chi connectivity index (χ4v) is 3.49. The van der Waals surface area contributed by atoms with E-state index in [0.717, 1.165) is 38.0 Å². The van der Waals surface area contributed by atoms with E-state index < -0.39 is 0 Å². The fourth-order valence-electron chi connectivity index (χ4n) is 3.49. The van der Waals surface area contributed by atoms with Gasteiger partial charge in [0.15, 0.2) is 5.78 Å². The van der Waals surface area contributed by atoms with E-state index in [1.165, 1.54) is 16.9 Å². The van der Waals surface area contributed by atoms with Gasteiger partial charge in [-0.15, -0.1) is 0 Å². The van der Waals surface area contributed by atoms with Crippen molar-refractivity contribution in [1.29, 1.82) is 0 Å². The predicted octanol–water partition coefficient (Wildman–Crippen LogP) is 4.17. The van der Waals surface area contributed by atoms with Crippen LogP contribution in [0.25, 0.3) is 0 Å². The molecule has 0 amide bonds. The van der Waals surface area contributed by atoms with Crippen molar-refractivity contribution < 1.29 is 4.79 Å². The van der Waals surface area contributed by atoms with E-state index in [0.29, 0.717) is 6.54 Å². The van der Waals surface area contributed by atoms with Crippen LogP contribution in [0.1, 0.15) is 36.2 Å². The average molecular weight is 322 g/mol. The highest BCUT2D eigenvalue weighted by molar-refractivity contribution is 5.99. The number of carbonyl (C=O) groups excluding carboxylic acids is 1. The van der Waals surface area contributed by atoms with Gasteiger partial charge in [0.1, 0.15) is 0 Å². The summed E-state index contributed by atoms with van der Waals surface area (Å²) in [7, 11) is 0. The van der Waals surface area contributed by atoms with Crippen LogP contribution in [0.2, 0.25) is 0 Å². The van der Waals surface area contributed by atoms with Crippen molar-refractivity contribution in [3.05, 3.63) is 59.7 Å². The van der Waals surface area contributed by atoms with E-state index in [4.69, 9.17) is 0 Å². The van der Waals surface area contributed by atoms with Gasteiger partial charge < -0.3 is 9.80 Å². The second-order valence-corrected chi connectivity index (χ2v) is 6.30. The minimum Gasteiger partial charge on any atom is -0.372 e. The summed E-state index contributed by atoms with van der Waals surface area (Å²) in [6.45, 7) is 7.68. The van der Waals surface area contributed by atoms with Gasteiger partial charge in [0.2, 0.25) is 0 Å². The lowest BCUT2D eigenvalue weighted by Gasteiger charge is -2.30. The molecule has 3 rings (SSSR count). The van der Waals surface area contributed by atoms with E-state index in [9.17, 15) is 4.79 Å². The summed E-state index contributed by atoms with van der Waals surface area (Å²) >= 11 is 0. The first-order valence-corrected chi connectivity index (χ1v) is 8.94. The fraction of sp³-hybridized carbons (Fsp3) is 0.381. The standard InChI is InChI=1S/C21H26N2O/c1-3-22(4-2)19-13-11-18(12-14-19)21(24)16-23-15-7-9-17-8-5-6-10-20(17)23/h5-6,8,10-14H,3-4,7,9,15-16H2,1-2H3. The lowest BCUT2D eigenvalue weighted by molar-refractivity contribution is 0.0998. The predicted molar refractivity (Wildman–Crippen MR) is 101 cm³/mol. The molecule has 3 nitrogen and oxygen atoms in total. The smallest absolute Gasteiger partial charge is 0.182 e. The number of benzene rings is 2. The SMILES string of the molecule is CCN(CC)c1ccc(C(=O)CN2CCCc3ccccc32)cc1. The number of ketones is 1. The van der Waals surface area contributed by atoms with Crippen LogP contribution in [0, 0.1) is 0 Å². The highest BCUT2D eigenvalue weighted by atomic mass is 16.1. The van der Waals surface area contributed by atoms with Crippen molar-refractivity contribution in [2.75, 3.05) is 36.0 Å². The summed E-state index contributed by atoms with van der Waals surface area (Å²) < 4.78 is 0. The first-order chi connectivity index (χ1) is 11.7. The molecular formula is C21H26N2O. The summed E-state index contributed by atoms with van der Waals surface area (Å²) in [6, 6.07) is 16.5. The molecule has 2 aromatic carbocycles. The van der Waals surface area contributed by atoms with Crippen molar-refractivity contribution in [2.24, 2.45) is 0 Å². The van der Waals surface area contributed by atoms with Crippen molar-refractivity contribution >= 4 is 17.2 Å². The van der Waals surface area contributed by atoms with E-state index in [-0.39, 0.29) is 5.78 Å². The van der Waals surface area contributed by atoms with E-state index in [1.54, 1.807) is 0 Å². The highest BCUT2D eigenvalue weighted by Gasteiger charge is 2.19. The topological polar surface area (TPSA) is 23.6 Å². The second-order valence-electron chi connectivity index (χ2n) is 6.30. The summed E-state index contributed by atoms with van der Waals surface area (Å²) in [4.78, 5) is 17.2. The zero-order valence-electron chi connectivity index (χ0n) is 14.7. The van der Waals surface area contributed by atoms with Crippen molar-refractivity contribution in [3.8, 4) is 0 Å². The van der Waals surface area contributed by atoms with Crippen molar-refractivity contribution in [1.82, 2.24) is 0 Å². The lowest BCUT2D eigenvalue weighted by atomic mass is 10.0. The van der Waals surface area contributed by atoms with Gasteiger partial charge in [-0.25, -0.2) is 0 Å². The maximum atomic E-state index is 12.7. The molecule has 0 aromatic heterocycles. The number of carbonyl (C=O) groups is 1. The molecule has 3 heteroatoms. The Bertz CT molecular complexity index is 689. The molecule has 0 aliphatic carbocycles. The number of Topliss-reactive ketones (excluding diaryl/α,β-unsaturated/α-hetero) is 1. The Morgan fingerprint density at radius 2 is 1.75 bits per heavy atom. The van der Waals surface area contributed by atoms with Gasteiger partial charge in [-0.2, -0.15) is 0 Å². The zero-order chi connectivity index (χ0) is 16.9. The molecule has 1 heterocycles. The molecule has 24 heavy (non-hydrogen) atoms. The van der Waals surface area contributed by atoms with E-state index in [1.807, 2.05) is 12.1 Å². The summed E-state index contributed by atoms with van der Waals surface area (Å²) in [5.41, 5.74) is 4.55. The van der Waals surface area contributed by atoms with Crippen molar-refractivity contribution in [3.63, 3.8) is 0 Å². The van der Waals surface area contributed by atoms with Gasteiger partial charge in [0.05, 0.1) is 6.54 Å². The lowest BCUT2D eigenvalue weighted by Crippen LogP contribution is -2.34. The molecule has 0 atom stereocenters. The first kappa shape index (κ1) is 16.6. The second kappa shape index (κ2) is 7.52. The number of para-hydroxylation sites is 1. The molecular weight excluding hydrogens is 296 g/mol. The number of hydrogen-bond acceptors (Lipinski definition) is 3. The number of hydrogen-bond donors (Lipinski definition) is 0. The Kier molecular flexibility index (Phi) is 5.19. The normalized spacial score (nSPS) is 13.5. The molecule has 0 saturated carbocycles. The van der Waals surface area contributed by atoms with Crippen LogP contribution in [0.3, 0.4) is 0 Å². The maximum Gasteiger partial charge on any atom is 0.182 e. The third-order valence-corrected chi connectivity index (χ3v) is 4.86. The number of aryl methyl sites for hydroxylation is 1. The summed E-state index contributed by atoms with van der Waals surface area (Å²) in [5, 5.41) is 0. The Morgan fingerprint density at radius 1 is 1.04 bits per heavy atom. The molecule has 0 radical (unpaired) electrons. The number of fused-ring (bicyclic) bond motifs is 1. The average Bonchev–Trinajstić information content (AvgIpc) is 2.63. The molecule has 1 aliphatic heterocycles. The van der Waals surface area contributed by atoms with Gasteiger partial charge >= 0.3 is 0 Å². The monoisotopic (exact) mass is 322 g/mol. The molecule has 2 aromatic rings. The highest BCUT2D eigenvalue weighted by Crippen LogP contribution is 2.26. The molecule has 0 saturated heterocycles. The van der Waals surface area contributed by atoms with Gasteiger partial charge in [-0.1, -0.05) is 18.2 Å². The Hall–Kier alpha value is -2.29. The molecule has 126 valence electrons. The quantitative estimate of drug-likeness (QED) is 0.746. The van der Waals surface area contributed by atoms with Crippen LogP contribution >= 0.6 is 0 Å². The largest absolute Gasteiger partial charge is 0.372 e. The number of rotatable bonds is 6. The molecule has 0 bridgehead atoms. The Labute approximate surface area is 144 Å². The van der Waals surface area contributed by atoms with Crippen LogP contribution < -0.4 is 9.80 Å². The number of nitrogens with zero attached hydrogens (tertiary/aromatic N) is 2. The van der Waals surface area contributed by atoms with Crippen LogP contribution in [-0.2, 0) is 6.42 Å². The molecule has 0 N–H and O–H groups in total. The Balaban J connectivity index is 1.72. The van der Waals surface area contributed by atoms with Gasteiger partial charge in [-0.05, 0) is 62.6 Å². The minimum atomic E-state index is 0.192. The third-order valence-electron chi connectivity index (χ3n) is 4.86. The summed E-state index contributed by atoms with van der Waals surface area (Å²) in [5.74, 6) is 0.192. The van der Waals surface area contributed by atoms with Gasteiger partial charge in [-0.3, -0.25) is 4.79 Å². The van der Waals surface area contributed by atoms with Crippen LogP contribution in [0.5, 0.6) is 0 Å². The molecule has 0 spiro atoms. The third kappa shape index (κ3) is 3.45. The Morgan fingerprint density at radius 3 is 2.46 bits per heavy atom. The minimum absolute atomic E-state index is 0.192. The maximum absolute atomic E-state index is 12.7. The van der Waals surface area contributed by atoms with Gasteiger partial charge in [0.25, 0.3) is 0 Å². The van der Waals surface area contributed by atoms with Crippen molar-refractivity contribution in [2.45, 2.75) is 26.7 Å². The van der Waals surface area contributed by atoms with Gasteiger partial charge in [0, 0.05) is 36.6 Å². The zero-order valence-corrected chi connectivity index (χ0v) is 14.7. The first-order valence-electron chi connectivity index (χ1n) is 8.94. The molecule has 0 fully saturated rings. The van der Waals surface area contributed by atoms with E-state index in [2.05, 4.69) is 60.0 Å². The number of anilines is 2.